The average Bonchev–Trinajstić information content (AvgIpc) is 2.76. The van der Waals surface area contributed by atoms with E-state index in [1.807, 2.05) is 6.92 Å². The van der Waals surface area contributed by atoms with E-state index in [4.69, 9.17) is 9.94 Å². The van der Waals surface area contributed by atoms with Gasteiger partial charge in [-0.1, -0.05) is 13.0 Å². The molecule has 0 aliphatic heterocycles. The number of nitrogens with one attached hydrogen (secondary N) is 2. The van der Waals surface area contributed by atoms with Gasteiger partial charge in [0.05, 0.1) is 0 Å². The van der Waals surface area contributed by atoms with Crippen molar-refractivity contribution < 1.29 is 29.4 Å². The standard InChI is InChI=1S/C23H25IN2O6/c1-14(5-3-4-6-21(29)26-31)22(19-13-17(24)9-12-20(19)28)32-23(30)25-18-10-7-16(8-11-18)15(2)27/h4,6-14,22,28,31H,3,5H2,1-2H3,(H,25,30)(H,26,29)/b6-4+/t14-,22+/m0/s1. The lowest BCUT2D eigenvalue weighted by Gasteiger charge is -2.25. The highest BCUT2D eigenvalue weighted by Crippen LogP contribution is 2.36. The summed E-state index contributed by atoms with van der Waals surface area (Å²) in [6.45, 7) is 3.33. The summed E-state index contributed by atoms with van der Waals surface area (Å²) in [5.41, 5.74) is 2.99. The van der Waals surface area contributed by atoms with Gasteiger partial charge in [0.15, 0.2) is 5.78 Å². The SMILES string of the molecule is CC(=O)c1ccc(NC(=O)O[C@@H](c2cc(I)ccc2O)[C@@H](C)CC/C=C/C(=O)NO)cc1. The van der Waals surface area contributed by atoms with E-state index >= 15 is 0 Å². The minimum atomic E-state index is -0.749. The van der Waals surface area contributed by atoms with Gasteiger partial charge in [0, 0.05) is 26.5 Å². The number of phenols is 1. The molecule has 4 N–H and O–H groups in total. The summed E-state index contributed by atoms with van der Waals surface area (Å²) in [6, 6.07) is 11.5. The van der Waals surface area contributed by atoms with Crippen LogP contribution in [0.2, 0.25) is 0 Å². The van der Waals surface area contributed by atoms with Gasteiger partial charge in [-0.3, -0.25) is 20.1 Å². The minimum absolute atomic E-state index is 0.0103. The average molecular weight is 552 g/mol. The van der Waals surface area contributed by atoms with E-state index in [1.165, 1.54) is 18.5 Å². The first-order chi connectivity index (χ1) is 15.2. The largest absolute Gasteiger partial charge is 0.508 e. The number of hydrogen-bond acceptors (Lipinski definition) is 6. The predicted octanol–water partition coefficient (Wildman–Crippen LogP) is 4.97. The number of carbonyl (C=O) groups excluding carboxylic acids is 3. The summed E-state index contributed by atoms with van der Waals surface area (Å²) in [7, 11) is 0. The number of benzene rings is 2. The molecule has 0 aliphatic rings. The molecule has 0 fully saturated rings. The van der Waals surface area contributed by atoms with Gasteiger partial charge < -0.3 is 9.84 Å². The number of anilines is 1. The van der Waals surface area contributed by atoms with E-state index in [1.54, 1.807) is 48.5 Å². The highest BCUT2D eigenvalue weighted by atomic mass is 127. The van der Waals surface area contributed by atoms with Crippen LogP contribution in [0.5, 0.6) is 5.75 Å². The van der Waals surface area contributed by atoms with Crippen LogP contribution in [0.4, 0.5) is 10.5 Å². The number of Topliss-reactive ketones (excluding diaryl/α,β-unsaturated/α-hetero) is 1. The number of ketones is 1. The van der Waals surface area contributed by atoms with Crippen LogP contribution in [0.25, 0.3) is 0 Å². The van der Waals surface area contributed by atoms with Crippen molar-refractivity contribution in [1.29, 1.82) is 0 Å². The lowest BCUT2D eigenvalue weighted by molar-refractivity contribution is -0.124. The first-order valence-corrected chi connectivity index (χ1v) is 11.0. The molecule has 0 bridgehead atoms. The van der Waals surface area contributed by atoms with Crippen LogP contribution in [0.3, 0.4) is 0 Å². The number of ether oxygens (including phenoxy) is 1. The van der Waals surface area contributed by atoms with Gasteiger partial charge in [-0.05, 0) is 90.7 Å². The maximum absolute atomic E-state index is 12.6. The number of phenolic OH excluding ortho intramolecular Hbond substituents is 1. The number of rotatable bonds is 9. The lowest BCUT2D eigenvalue weighted by atomic mass is 9.92. The third-order valence-electron chi connectivity index (χ3n) is 4.75. The molecule has 0 saturated heterocycles. The molecular formula is C23H25IN2O6. The highest BCUT2D eigenvalue weighted by molar-refractivity contribution is 14.1. The number of hydroxylamine groups is 1. The lowest BCUT2D eigenvalue weighted by Crippen LogP contribution is -2.22. The van der Waals surface area contributed by atoms with Crippen LogP contribution in [-0.2, 0) is 9.53 Å². The maximum atomic E-state index is 12.6. The van der Waals surface area contributed by atoms with Crippen LogP contribution >= 0.6 is 22.6 Å². The van der Waals surface area contributed by atoms with Gasteiger partial charge in [0.2, 0.25) is 0 Å². The Hall–Kier alpha value is -2.92. The molecule has 0 spiro atoms. The summed E-state index contributed by atoms with van der Waals surface area (Å²) >= 11 is 2.11. The molecule has 32 heavy (non-hydrogen) atoms. The Morgan fingerprint density at radius 2 is 1.84 bits per heavy atom. The fraction of sp³-hybridized carbons (Fsp3) is 0.261. The Labute approximate surface area is 199 Å². The van der Waals surface area contributed by atoms with Crippen LogP contribution in [0.1, 0.15) is 48.7 Å². The van der Waals surface area contributed by atoms with E-state index in [0.29, 0.717) is 29.7 Å². The summed E-state index contributed by atoms with van der Waals surface area (Å²) in [5, 5.41) is 21.5. The van der Waals surface area contributed by atoms with Gasteiger partial charge in [0.25, 0.3) is 5.91 Å². The number of aromatic hydroxyl groups is 1. The zero-order valence-corrected chi connectivity index (χ0v) is 19.8. The Morgan fingerprint density at radius 3 is 2.47 bits per heavy atom. The van der Waals surface area contributed by atoms with Gasteiger partial charge in [0.1, 0.15) is 11.9 Å². The number of carbonyl (C=O) groups is 3. The normalized spacial score (nSPS) is 12.8. The van der Waals surface area contributed by atoms with Crippen LogP contribution in [0, 0.1) is 9.49 Å². The van der Waals surface area contributed by atoms with Crippen molar-refractivity contribution in [2.24, 2.45) is 5.92 Å². The molecule has 0 unspecified atom stereocenters. The fourth-order valence-corrected chi connectivity index (χ4v) is 3.54. The number of hydrogen-bond donors (Lipinski definition) is 4. The molecule has 0 aromatic heterocycles. The van der Waals surface area contributed by atoms with Crippen molar-refractivity contribution in [3.05, 3.63) is 69.3 Å². The molecule has 0 saturated carbocycles. The Bertz CT molecular complexity index is 990. The molecular weight excluding hydrogens is 527 g/mol. The van der Waals surface area contributed by atoms with Crippen molar-refractivity contribution in [3.63, 3.8) is 0 Å². The summed E-state index contributed by atoms with van der Waals surface area (Å²) in [4.78, 5) is 35.1. The molecule has 9 heteroatoms. The quantitative estimate of drug-likeness (QED) is 0.115. The fourth-order valence-electron chi connectivity index (χ4n) is 3.03. The van der Waals surface area contributed by atoms with Crippen molar-refractivity contribution in [2.75, 3.05) is 5.32 Å². The van der Waals surface area contributed by atoms with Crippen molar-refractivity contribution >= 4 is 46.1 Å². The highest BCUT2D eigenvalue weighted by Gasteiger charge is 2.26. The molecule has 0 heterocycles. The van der Waals surface area contributed by atoms with Crippen molar-refractivity contribution in [3.8, 4) is 5.75 Å². The first kappa shape index (κ1) is 25.3. The zero-order chi connectivity index (χ0) is 23.7. The Kier molecular flexibility index (Phi) is 9.66. The molecule has 2 atom stereocenters. The van der Waals surface area contributed by atoms with E-state index in [0.717, 1.165) is 3.57 Å². The van der Waals surface area contributed by atoms with E-state index in [-0.39, 0.29) is 17.5 Å². The number of halogens is 1. The molecule has 0 aliphatic carbocycles. The second-order valence-corrected chi connectivity index (χ2v) is 8.47. The molecule has 2 aromatic rings. The monoisotopic (exact) mass is 552 g/mol. The van der Waals surface area contributed by atoms with Crippen molar-refractivity contribution in [2.45, 2.75) is 32.8 Å². The maximum Gasteiger partial charge on any atom is 0.412 e. The van der Waals surface area contributed by atoms with Crippen LogP contribution < -0.4 is 10.8 Å². The molecule has 0 radical (unpaired) electrons. The topological polar surface area (TPSA) is 125 Å². The molecule has 2 rings (SSSR count). The van der Waals surface area contributed by atoms with Crippen LogP contribution in [0.15, 0.2) is 54.6 Å². The third kappa shape index (κ3) is 7.65. The molecule has 2 aromatic carbocycles. The number of allylic oxidation sites excluding steroid dienone is 1. The van der Waals surface area contributed by atoms with Gasteiger partial charge in [-0.2, -0.15) is 0 Å². The second-order valence-electron chi connectivity index (χ2n) is 7.22. The van der Waals surface area contributed by atoms with Gasteiger partial charge in [-0.25, -0.2) is 10.3 Å². The van der Waals surface area contributed by atoms with Crippen molar-refractivity contribution in [1.82, 2.24) is 5.48 Å². The summed E-state index contributed by atoms with van der Waals surface area (Å²) < 4.78 is 6.56. The van der Waals surface area contributed by atoms with Gasteiger partial charge >= 0.3 is 6.09 Å². The zero-order valence-electron chi connectivity index (χ0n) is 17.7. The Morgan fingerprint density at radius 1 is 1.16 bits per heavy atom. The van der Waals surface area contributed by atoms with E-state index in [2.05, 4.69) is 27.9 Å². The molecule has 170 valence electrons. The smallest absolute Gasteiger partial charge is 0.412 e. The summed E-state index contributed by atoms with van der Waals surface area (Å²) in [5.74, 6) is -0.897. The van der Waals surface area contributed by atoms with Crippen LogP contribution in [-0.4, -0.2) is 28.1 Å². The predicted molar refractivity (Wildman–Crippen MR) is 128 cm³/mol. The number of amides is 2. The van der Waals surface area contributed by atoms with E-state index in [9.17, 15) is 19.5 Å². The Balaban J connectivity index is 2.15. The minimum Gasteiger partial charge on any atom is -0.508 e. The molecule has 2 amide bonds. The van der Waals surface area contributed by atoms with E-state index < -0.39 is 18.1 Å². The second kappa shape index (κ2) is 12.2. The third-order valence-corrected chi connectivity index (χ3v) is 5.42. The molecule has 8 nitrogen and oxygen atoms in total. The first-order valence-electron chi connectivity index (χ1n) is 9.89. The summed E-state index contributed by atoms with van der Waals surface area (Å²) in [6.07, 6.45) is 2.40. The van der Waals surface area contributed by atoms with Gasteiger partial charge in [-0.15, -0.1) is 0 Å².